The number of hydrogen-bond donors (Lipinski definition) is 1. The summed E-state index contributed by atoms with van der Waals surface area (Å²) in [4.78, 5) is 12.4. The van der Waals surface area contributed by atoms with Gasteiger partial charge in [-0.1, -0.05) is 13.8 Å². The quantitative estimate of drug-likeness (QED) is 0.417. The van der Waals surface area contributed by atoms with Gasteiger partial charge in [-0.15, -0.1) is 0 Å². The summed E-state index contributed by atoms with van der Waals surface area (Å²) in [7, 11) is 0. The molecule has 1 saturated carbocycles. The fraction of sp³-hybridized carbons (Fsp3) is 0.938. The molecule has 0 heterocycles. The Hall–Kier alpha value is -0.650. The van der Waals surface area contributed by atoms with E-state index in [-0.39, 0.29) is 5.97 Å². The van der Waals surface area contributed by atoms with Crippen LogP contribution in [0.4, 0.5) is 0 Å². The van der Waals surface area contributed by atoms with E-state index in [9.17, 15) is 4.79 Å². The number of esters is 1. The molecule has 0 aromatic carbocycles. The fourth-order valence-corrected chi connectivity index (χ4v) is 2.39. The van der Waals surface area contributed by atoms with E-state index < -0.39 is 5.54 Å². The van der Waals surface area contributed by atoms with Gasteiger partial charge in [0.2, 0.25) is 0 Å². The molecular formula is C16H31NO4. The van der Waals surface area contributed by atoms with E-state index in [1.54, 1.807) is 0 Å². The molecule has 5 heteroatoms. The van der Waals surface area contributed by atoms with E-state index in [0.717, 1.165) is 38.8 Å². The van der Waals surface area contributed by atoms with Crippen molar-refractivity contribution in [2.45, 2.75) is 52.0 Å². The summed E-state index contributed by atoms with van der Waals surface area (Å²) in [5.41, 5.74) is -0.670. The number of ether oxygens (including phenoxy) is 3. The number of nitrogens with one attached hydrogen (secondary N) is 1. The van der Waals surface area contributed by atoms with Crippen LogP contribution in [0.2, 0.25) is 0 Å². The van der Waals surface area contributed by atoms with Crippen LogP contribution in [0.3, 0.4) is 0 Å². The van der Waals surface area contributed by atoms with Crippen molar-refractivity contribution in [1.82, 2.24) is 5.32 Å². The molecule has 1 fully saturated rings. The number of hydrogen-bond acceptors (Lipinski definition) is 5. The van der Waals surface area contributed by atoms with Gasteiger partial charge in [0.1, 0.15) is 5.54 Å². The topological polar surface area (TPSA) is 56.8 Å². The van der Waals surface area contributed by atoms with Gasteiger partial charge in [0.15, 0.2) is 0 Å². The predicted octanol–water partition coefficient (Wildman–Crippen LogP) is 2.14. The Labute approximate surface area is 128 Å². The first-order valence-corrected chi connectivity index (χ1v) is 8.29. The average molecular weight is 301 g/mol. The first kappa shape index (κ1) is 18.4. The molecule has 0 radical (unpaired) electrons. The van der Waals surface area contributed by atoms with E-state index in [0.29, 0.717) is 32.3 Å². The SMILES string of the molecule is CCCNC(COCCOCCC)(C(=O)OCC)C1CC1. The highest BCUT2D eigenvalue weighted by Crippen LogP contribution is 2.40. The van der Waals surface area contributed by atoms with Crippen LogP contribution >= 0.6 is 0 Å². The van der Waals surface area contributed by atoms with Gasteiger partial charge in [-0.3, -0.25) is 5.32 Å². The molecule has 0 spiro atoms. The van der Waals surface area contributed by atoms with Crippen molar-refractivity contribution in [3.63, 3.8) is 0 Å². The predicted molar refractivity (Wildman–Crippen MR) is 82.3 cm³/mol. The molecule has 0 aromatic heterocycles. The molecule has 5 nitrogen and oxygen atoms in total. The van der Waals surface area contributed by atoms with E-state index in [1.165, 1.54) is 0 Å². The molecular weight excluding hydrogens is 270 g/mol. The minimum absolute atomic E-state index is 0.171. The first-order chi connectivity index (χ1) is 10.2. The number of carbonyl (C=O) groups excluding carboxylic acids is 1. The summed E-state index contributed by atoms with van der Waals surface area (Å²) < 4.78 is 16.4. The standard InChI is InChI=1S/C16H31NO4/c1-4-9-17-16(14-7-8-14,15(18)21-6-3)13-20-12-11-19-10-5-2/h14,17H,4-13H2,1-3H3. The summed E-state index contributed by atoms with van der Waals surface area (Å²) in [6, 6.07) is 0. The monoisotopic (exact) mass is 301 g/mol. The normalized spacial score (nSPS) is 17.5. The minimum Gasteiger partial charge on any atom is -0.465 e. The lowest BCUT2D eigenvalue weighted by Gasteiger charge is -2.32. The molecule has 1 aliphatic rings. The van der Waals surface area contributed by atoms with Crippen molar-refractivity contribution in [3.8, 4) is 0 Å². The Balaban J connectivity index is 2.51. The van der Waals surface area contributed by atoms with Gasteiger partial charge in [-0.25, -0.2) is 4.79 Å². The third-order valence-corrected chi connectivity index (χ3v) is 3.65. The molecule has 124 valence electrons. The summed E-state index contributed by atoms with van der Waals surface area (Å²) >= 11 is 0. The van der Waals surface area contributed by atoms with Gasteiger partial charge >= 0.3 is 5.97 Å². The Morgan fingerprint density at radius 1 is 1.10 bits per heavy atom. The largest absolute Gasteiger partial charge is 0.465 e. The highest BCUT2D eigenvalue weighted by atomic mass is 16.5. The van der Waals surface area contributed by atoms with Gasteiger partial charge in [-0.2, -0.15) is 0 Å². The molecule has 1 unspecified atom stereocenters. The van der Waals surface area contributed by atoms with Gasteiger partial charge in [0.05, 0.1) is 26.4 Å². The van der Waals surface area contributed by atoms with Gasteiger partial charge in [-0.05, 0) is 45.1 Å². The Bertz CT molecular complexity index is 294. The third-order valence-electron chi connectivity index (χ3n) is 3.65. The van der Waals surface area contributed by atoms with Crippen LogP contribution in [0.25, 0.3) is 0 Å². The van der Waals surface area contributed by atoms with Crippen LogP contribution in [0.5, 0.6) is 0 Å². The van der Waals surface area contributed by atoms with Crippen LogP contribution in [-0.4, -0.2) is 51.1 Å². The first-order valence-electron chi connectivity index (χ1n) is 8.29. The molecule has 0 bridgehead atoms. The lowest BCUT2D eigenvalue weighted by atomic mass is 9.94. The van der Waals surface area contributed by atoms with E-state index in [4.69, 9.17) is 14.2 Å². The van der Waals surface area contributed by atoms with Gasteiger partial charge in [0, 0.05) is 6.61 Å². The van der Waals surface area contributed by atoms with Crippen LogP contribution in [-0.2, 0) is 19.0 Å². The molecule has 0 amide bonds. The second-order valence-corrected chi connectivity index (χ2v) is 5.56. The van der Waals surface area contributed by atoms with Crippen molar-refractivity contribution in [2.24, 2.45) is 5.92 Å². The second-order valence-electron chi connectivity index (χ2n) is 5.56. The van der Waals surface area contributed by atoms with Crippen molar-refractivity contribution >= 4 is 5.97 Å². The molecule has 1 atom stereocenters. The maximum atomic E-state index is 12.4. The lowest BCUT2D eigenvalue weighted by Crippen LogP contribution is -2.58. The van der Waals surface area contributed by atoms with Crippen molar-refractivity contribution in [1.29, 1.82) is 0 Å². The summed E-state index contributed by atoms with van der Waals surface area (Å²) in [6.07, 6.45) is 4.11. The van der Waals surface area contributed by atoms with Crippen LogP contribution < -0.4 is 5.32 Å². The average Bonchev–Trinajstić information content (AvgIpc) is 3.31. The Kier molecular flexibility index (Phi) is 8.88. The highest BCUT2D eigenvalue weighted by molar-refractivity contribution is 5.82. The van der Waals surface area contributed by atoms with Crippen molar-refractivity contribution < 1.29 is 19.0 Å². The molecule has 1 aliphatic carbocycles. The summed E-state index contributed by atoms with van der Waals surface area (Å²) in [5.74, 6) is 0.162. The molecule has 1 rings (SSSR count). The second kappa shape index (κ2) is 10.1. The Morgan fingerprint density at radius 3 is 2.38 bits per heavy atom. The highest BCUT2D eigenvalue weighted by Gasteiger charge is 2.52. The Morgan fingerprint density at radius 2 is 1.81 bits per heavy atom. The third kappa shape index (κ3) is 5.93. The van der Waals surface area contributed by atoms with E-state index in [2.05, 4.69) is 19.2 Å². The fourth-order valence-electron chi connectivity index (χ4n) is 2.39. The number of rotatable bonds is 13. The molecule has 0 saturated heterocycles. The van der Waals surface area contributed by atoms with E-state index >= 15 is 0 Å². The molecule has 1 N–H and O–H groups in total. The zero-order valence-electron chi connectivity index (χ0n) is 13.8. The molecule has 0 aliphatic heterocycles. The van der Waals surface area contributed by atoms with Gasteiger partial charge in [0.25, 0.3) is 0 Å². The zero-order chi connectivity index (χ0) is 15.6. The molecule has 21 heavy (non-hydrogen) atoms. The minimum atomic E-state index is -0.670. The molecule has 0 aromatic rings. The summed E-state index contributed by atoms with van der Waals surface area (Å²) in [5, 5.41) is 3.39. The van der Waals surface area contributed by atoms with E-state index in [1.807, 2.05) is 6.92 Å². The number of carbonyl (C=O) groups is 1. The van der Waals surface area contributed by atoms with Gasteiger partial charge < -0.3 is 14.2 Å². The van der Waals surface area contributed by atoms with Crippen LogP contribution in [0.15, 0.2) is 0 Å². The van der Waals surface area contributed by atoms with Crippen molar-refractivity contribution in [2.75, 3.05) is 39.6 Å². The maximum absolute atomic E-state index is 12.4. The lowest BCUT2D eigenvalue weighted by molar-refractivity contribution is -0.156. The van der Waals surface area contributed by atoms with Crippen molar-refractivity contribution in [3.05, 3.63) is 0 Å². The maximum Gasteiger partial charge on any atom is 0.329 e. The zero-order valence-corrected chi connectivity index (χ0v) is 13.8. The van der Waals surface area contributed by atoms with Crippen LogP contribution in [0, 0.1) is 5.92 Å². The van der Waals surface area contributed by atoms with Crippen LogP contribution in [0.1, 0.15) is 46.5 Å². The summed E-state index contributed by atoms with van der Waals surface area (Å²) in [6.45, 7) is 9.42. The smallest absolute Gasteiger partial charge is 0.329 e.